The van der Waals surface area contributed by atoms with Crippen molar-refractivity contribution < 1.29 is 9.59 Å². The Morgan fingerprint density at radius 1 is 1.32 bits per heavy atom. The number of amides is 2. The number of nitrogens with one attached hydrogen (secondary N) is 1. The summed E-state index contributed by atoms with van der Waals surface area (Å²) >= 11 is 0. The van der Waals surface area contributed by atoms with Crippen molar-refractivity contribution in [3.8, 4) is 0 Å². The van der Waals surface area contributed by atoms with Crippen LogP contribution >= 0.6 is 12.4 Å². The molecule has 0 radical (unpaired) electrons. The summed E-state index contributed by atoms with van der Waals surface area (Å²) in [6, 6.07) is 0.0259. The van der Waals surface area contributed by atoms with E-state index in [-0.39, 0.29) is 30.9 Å². The molecule has 2 amide bonds. The van der Waals surface area contributed by atoms with E-state index < -0.39 is 5.91 Å². The van der Waals surface area contributed by atoms with Gasteiger partial charge in [-0.2, -0.15) is 0 Å². The highest BCUT2D eigenvalue weighted by molar-refractivity contribution is 5.85. The van der Waals surface area contributed by atoms with Gasteiger partial charge in [-0.25, -0.2) is 0 Å². The number of carbonyl (C=O) groups is 2. The van der Waals surface area contributed by atoms with E-state index in [0.717, 1.165) is 32.4 Å². The summed E-state index contributed by atoms with van der Waals surface area (Å²) in [4.78, 5) is 24.6. The molecule has 6 heteroatoms. The highest BCUT2D eigenvalue weighted by atomic mass is 35.5. The Morgan fingerprint density at radius 2 is 1.89 bits per heavy atom. The van der Waals surface area contributed by atoms with Crippen LogP contribution in [0.2, 0.25) is 0 Å². The zero-order valence-electron chi connectivity index (χ0n) is 11.9. The largest absolute Gasteiger partial charge is 0.368 e. The number of primary amides is 1. The smallest absolute Gasteiger partial charge is 0.237 e. The molecule has 0 atom stereocenters. The molecule has 1 heterocycles. The van der Waals surface area contributed by atoms with Gasteiger partial charge in [0.25, 0.3) is 0 Å². The molecule has 19 heavy (non-hydrogen) atoms. The second-order valence-corrected chi connectivity index (χ2v) is 5.31. The van der Waals surface area contributed by atoms with Gasteiger partial charge in [-0.05, 0) is 52.1 Å². The summed E-state index contributed by atoms with van der Waals surface area (Å²) in [5.41, 5.74) is 5.17. The number of halogens is 1. The number of hydrogen-bond donors (Lipinski definition) is 2. The average Bonchev–Trinajstić information content (AvgIpc) is 2.34. The molecule has 3 N–H and O–H groups in total. The van der Waals surface area contributed by atoms with Crippen LogP contribution in [0.1, 0.15) is 39.5 Å². The van der Waals surface area contributed by atoms with E-state index in [1.165, 1.54) is 0 Å². The van der Waals surface area contributed by atoms with Crippen LogP contribution in [0.25, 0.3) is 0 Å². The summed E-state index contributed by atoms with van der Waals surface area (Å²) in [6.07, 6.45) is 3.73. The molecule has 0 saturated carbocycles. The Morgan fingerprint density at radius 3 is 2.37 bits per heavy atom. The maximum absolute atomic E-state index is 12.1. The van der Waals surface area contributed by atoms with Crippen LogP contribution in [0, 0.1) is 5.92 Å². The molecule has 112 valence electrons. The lowest BCUT2D eigenvalue weighted by atomic mass is 9.93. The van der Waals surface area contributed by atoms with Crippen molar-refractivity contribution in [3.05, 3.63) is 0 Å². The van der Waals surface area contributed by atoms with Gasteiger partial charge in [0.1, 0.15) is 0 Å². The van der Waals surface area contributed by atoms with Gasteiger partial charge < -0.3 is 16.0 Å². The second kappa shape index (κ2) is 9.15. The lowest BCUT2D eigenvalue weighted by molar-refractivity contribution is -0.137. The fraction of sp³-hybridized carbons (Fsp3) is 0.846. The third-order valence-corrected chi connectivity index (χ3v) is 3.50. The zero-order valence-corrected chi connectivity index (χ0v) is 12.7. The fourth-order valence-corrected chi connectivity index (χ4v) is 2.37. The van der Waals surface area contributed by atoms with Crippen molar-refractivity contribution in [1.29, 1.82) is 0 Å². The number of piperidine rings is 1. The summed E-state index contributed by atoms with van der Waals surface area (Å²) in [7, 11) is 0. The maximum atomic E-state index is 12.1. The molecule has 1 rings (SSSR count). The van der Waals surface area contributed by atoms with Gasteiger partial charge in [-0.3, -0.25) is 9.59 Å². The van der Waals surface area contributed by atoms with Crippen molar-refractivity contribution >= 4 is 24.2 Å². The molecule has 0 spiro atoms. The minimum atomic E-state index is -0.445. The first-order chi connectivity index (χ1) is 8.50. The van der Waals surface area contributed by atoms with Crippen LogP contribution in [0.15, 0.2) is 0 Å². The van der Waals surface area contributed by atoms with Crippen molar-refractivity contribution in [2.24, 2.45) is 11.7 Å². The predicted octanol–water partition coefficient (Wildman–Crippen LogP) is 0.910. The molecule has 0 bridgehead atoms. The molecule has 5 nitrogen and oxygen atoms in total. The van der Waals surface area contributed by atoms with E-state index in [1.54, 1.807) is 4.90 Å². The maximum Gasteiger partial charge on any atom is 0.237 e. The molecule has 0 unspecified atom stereocenters. The first-order valence-corrected chi connectivity index (χ1v) is 6.79. The standard InChI is InChI=1S/C13H25N3O2.ClH/c1-10(2)16(9-12(14)17)13(18)4-3-11-5-7-15-8-6-11;/h10-11,15H,3-9H2,1-2H3,(H2,14,17);1H. The fourth-order valence-electron chi connectivity index (χ4n) is 2.37. The SMILES string of the molecule is CC(C)N(CC(N)=O)C(=O)CCC1CCNCC1.Cl. The number of carbonyl (C=O) groups excluding carboxylic acids is 2. The normalized spacial score (nSPS) is 15.9. The van der Waals surface area contributed by atoms with Crippen molar-refractivity contribution in [2.45, 2.75) is 45.6 Å². The third-order valence-electron chi connectivity index (χ3n) is 3.50. The molecule has 0 aromatic heterocycles. The van der Waals surface area contributed by atoms with Crippen molar-refractivity contribution in [2.75, 3.05) is 19.6 Å². The average molecular weight is 292 g/mol. The third kappa shape index (κ3) is 6.78. The van der Waals surface area contributed by atoms with Crippen LogP contribution in [0.3, 0.4) is 0 Å². The molecule has 0 aromatic rings. The van der Waals surface area contributed by atoms with Crippen LogP contribution in [0.4, 0.5) is 0 Å². The van der Waals surface area contributed by atoms with Crippen LogP contribution in [-0.2, 0) is 9.59 Å². The van der Waals surface area contributed by atoms with E-state index in [4.69, 9.17) is 5.73 Å². The number of rotatable bonds is 6. The van der Waals surface area contributed by atoms with Crippen LogP contribution in [0.5, 0.6) is 0 Å². The molecule has 1 aliphatic heterocycles. The number of nitrogens with zero attached hydrogens (tertiary/aromatic N) is 1. The first-order valence-electron chi connectivity index (χ1n) is 6.79. The lowest BCUT2D eigenvalue weighted by Gasteiger charge is -2.27. The van der Waals surface area contributed by atoms with E-state index >= 15 is 0 Å². The molecule has 0 aromatic carbocycles. The van der Waals surface area contributed by atoms with Gasteiger partial charge in [-0.15, -0.1) is 12.4 Å². The highest BCUT2D eigenvalue weighted by Crippen LogP contribution is 2.18. The second-order valence-electron chi connectivity index (χ2n) is 5.31. The Bertz CT molecular complexity index is 292. The number of nitrogens with two attached hydrogens (primary N) is 1. The number of hydrogen-bond acceptors (Lipinski definition) is 3. The molecule has 1 aliphatic rings. The van der Waals surface area contributed by atoms with Crippen LogP contribution < -0.4 is 11.1 Å². The van der Waals surface area contributed by atoms with Crippen molar-refractivity contribution in [1.82, 2.24) is 10.2 Å². The van der Waals surface area contributed by atoms with Gasteiger partial charge in [0.05, 0.1) is 6.54 Å². The Balaban J connectivity index is 0.00000324. The van der Waals surface area contributed by atoms with Crippen molar-refractivity contribution in [3.63, 3.8) is 0 Å². The summed E-state index contributed by atoms with van der Waals surface area (Å²) in [5, 5.41) is 3.31. The Hall–Kier alpha value is -0.810. The summed E-state index contributed by atoms with van der Waals surface area (Å²) in [6.45, 7) is 5.95. The minimum absolute atomic E-state index is 0. The van der Waals surface area contributed by atoms with Gasteiger partial charge in [0.15, 0.2) is 0 Å². The monoisotopic (exact) mass is 291 g/mol. The van der Waals surface area contributed by atoms with Gasteiger partial charge >= 0.3 is 0 Å². The topological polar surface area (TPSA) is 75.4 Å². The first kappa shape index (κ1) is 18.2. The predicted molar refractivity (Wildman–Crippen MR) is 78.1 cm³/mol. The van der Waals surface area contributed by atoms with E-state index in [0.29, 0.717) is 12.3 Å². The Kier molecular flexibility index (Phi) is 8.76. The molecule has 0 aliphatic carbocycles. The quantitative estimate of drug-likeness (QED) is 0.764. The molecular weight excluding hydrogens is 266 g/mol. The molecule has 1 saturated heterocycles. The van der Waals surface area contributed by atoms with Crippen LogP contribution in [-0.4, -0.2) is 42.4 Å². The highest BCUT2D eigenvalue weighted by Gasteiger charge is 2.21. The Labute approximate surface area is 121 Å². The van der Waals surface area contributed by atoms with Gasteiger partial charge in [0.2, 0.25) is 11.8 Å². The summed E-state index contributed by atoms with van der Waals surface area (Å²) < 4.78 is 0. The van der Waals surface area contributed by atoms with Gasteiger partial charge in [-0.1, -0.05) is 0 Å². The molecular formula is C13H26ClN3O2. The summed E-state index contributed by atoms with van der Waals surface area (Å²) in [5.74, 6) is 0.235. The lowest BCUT2D eigenvalue weighted by Crippen LogP contribution is -2.43. The molecule has 1 fully saturated rings. The van der Waals surface area contributed by atoms with E-state index in [2.05, 4.69) is 5.32 Å². The van der Waals surface area contributed by atoms with E-state index in [1.807, 2.05) is 13.8 Å². The minimum Gasteiger partial charge on any atom is -0.368 e. The van der Waals surface area contributed by atoms with E-state index in [9.17, 15) is 9.59 Å². The zero-order chi connectivity index (χ0) is 13.5. The van der Waals surface area contributed by atoms with Gasteiger partial charge in [0, 0.05) is 12.5 Å².